The molecule has 3 heterocycles. The Labute approximate surface area is 139 Å². The summed E-state index contributed by atoms with van der Waals surface area (Å²) < 4.78 is 32.3. The van der Waals surface area contributed by atoms with Crippen LogP contribution in [0.4, 0.5) is 4.39 Å². The molecule has 1 fully saturated rings. The highest BCUT2D eigenvalue weighted by Gasteiger charge is 2.44. The highest BCUT2D eigenvalue weighted by Crippen LogP contribution is 2.37. The average Bonchev–Trinajstić information content (AvgIpc) is 3.03. The first-order valence-electron chi connectivity index (χ1n) is 6.61. The molecule has 0 aromatic rings. The number of fused-ring (bicyclic) bond motifs is 1. The van der Waals surface area contributed by atoms with Crippen molar-refractivity contribution < 1.29 is 43.3 Å². The molecule has 1 saturated heterocycles. The first kappa shape index (κ1) is 19.7. The Kier molecular flexibility index (Phi) is 5.75. The van der Waals surface area contributed by atoms with Crippen molar-refractivity contribution in [3.63, 3.8) is 0 Å². The Morgan fingerprint density at radius 1 is 1.28 bits per heavy atom. The smallest absolute Gasteiger partial charge is 0.387 e. The average molecular weight is 383 g/mol. The van der Waals surface area contributed by atoms with Crippen LogP contribution in [0.1, 0.15) is 0 Å². The number of nitrogens with two attached hydrogens (primary N) is 1. The highest BCUT2D eigenvalue weighted by atomic mass is 31.2. The van der Waals surface area contributed by atoms with Crippen molar-refractivity contribution in [1.82, 2.24) is 0 Å². The third-order valence-corrected chi connectivity index (χ3v) is 3.66. The monoisotopic (exact) mass is 383 g/mol. The molecule has 0 spiro atoms. The molecule has 7 N–H and O–H groups in total. The maximum absolute atomic E-state index is 13.5. The van der Waals surface area contributed by atoms with Crippen molar-refractivity contribution in [1.29, 1.82) is 0 Å². The van der Waals surface area contributed by atoms with E-state index in [1.54, 1.807) is 0 Å². The molecule has 25 heavy (non-hydrogen) atoms. The summed E-state index contributed by atoms with van der Waals surface area (Å²) in [5.74, 6) is -2.38. The van der Waals surface area contributed by atoms with Gasteiger partial charge in [-0.25, -0.2) is 24.5 Å². The molecule has 5 atom stereocenters. The minimum Gasteiger partial charge on any atom is -0.387 e. The van der Waals surface area contributed by atoms with E-state index in [1.807, 2.05) is 0 Å². The second-order valence-corrected chi connectivity index (χ2v) is 6.15. The first-order valence-corrected chi connectivity index (χ1v) is 8.14. The molecule has 3 aliphatic rings. The van der Waals surface area contributed by atoms with E-state index in [-0.39, 0.29) is 11.7 Å². The van der Waals surface area contributed by atoms with Gasteiger partial charge >= 0.3 is 13.6 Å². The van der Waals surface area contributed by atoms with Gasteiger partial charge < -0.3 is 35.6 Å². The Balaban J connectivity index is 0.000000185. The van der Waals surface area contributed by atoms with Gasteiger partial charge in [-0.3, -0.25) is 4.52 Å². The minimum absolute atomic E-state index is 0.0509. The van der Waals surface area contributed by atoms with Crippen molar-refractivity contribution >= 4 is 32.2 Å². The van der Waals surface area contributed by atoms with Gasteiger partial charge in [-0.1, -0.05) is 0 Å². The van der Waals surface area contributed by atoms with Gasteiger partial charge in [0.15, 0.2) is 18.0 Å². The molecule has 0 bridgehead atoms. The summed E-state index contributed by atoms with van der Waals surface area (Å²) in [6.07, 6.45) is -3.43. The van der Waals surface area contributed by atoms with Gasteiger partial charge in [0.05, 0.1) is 6.61 Å². The zero-order chi connectivity index (χ0) is 18.8. The van der Waals surface area contributed by atoms with E-state index < -0.39 is 44.8 Å². The number of aliphatic hydroxyl groups excluding tert-OH is 3. The third kappa shape index (κ3) is 4.50. The maximum Gasteiger partial charge on any atom is 0.469 e. The van der Waals surface area contributed by atoms with Crippen LogP contribution in [0, 0.1) is 0 Å². The molecule has 0 amide bonds. The largest absolute Gasteiger partial charge is 0.469 e. The topological polar surface area (TPSA) is 212 Å². The number of hydrogen-bond donors (Lipinski definition) is 6. The van der Waals surface area contributed by atoms with Gasteiger partial charge in [0.2, 0.25) is 0 Å². The second kappa shape index (κ2) is 7.31. The molecule has 2 unspecified atom stereocenters. The fraction of sp³-hybridized carbons (Fsp3) is 0.600. The number of rotatable bonds is 3. The summed E-state index contributed by atoms with van der Waals surface area (Å²) in [6.45, 7) is -0.612. The number of nitrogens with zero attached hydrogens (tertiary/aromatic N) is 4. The number of hydrogen-bond acceptors (Lipinski definition) is 11. The molecule has 0 aromatic carbocycles. The normalized spacial score (nSPS) is 36.4. The van der Waals surface area contributed by atoms with Crippen LogP contribution in [-0.4, -0.2) is 86.5 Å². The molecule has 0 aromatic heterocycles. The van der Waals surface area contributed by atoms with Crippen molar-refractivity contribution in [2.24, 2.45) is 25.7 Å². The summed E-state index contributed by atoms with van der Waals surface area (Å²) >= 11 is 0. The van der Waals surface area contributed by atoms with Crippen molar-refractivity contribution in [3.8, 4) is 0 Å². The van der Waals surface area contributed by atoms with Crippen molar-refractivity contribution in [2.45, 2.75) is 30.4 Å². The zero-order valence-electron chi connectivity index (χ0n) is 12.3. The lowest BCUT2D eigenvalue weighted by Gasteiger charge is -2.16. The molecule has 0 aliphatic carbocycles. The molecule has 13 nitrogen and oxygen atoms in total. The molecule has 15 heteroatoms. The molecular weight excluding hydrogens is 368 g/mol. The lowest BCUT2D eigenvalue weighted by Crippen LogP contribution is -2.44. The fourth-order valence-corrected chi connectivity index (χ4v) is 2.22. The second-order valence-electron chi connectivity index (χ2n) is 4.91. The number of aliphatic hydroxyl groups is 3. The molecule has 140 valence electrons. The number of phosphoric acid groups is 1. The van der Waals surface area contributed by atoms with E-state index >= 15 is 0 Å². The van der Waals surface area contributed by atoms with E-state index in [2.05, 4.69) is 29.2 Å². The van der Waals surface area contributed by atoms with Crippen LogP contribution in [0.5, 0.6) is 0 Å². The lowest BCUT2D eigenvalue weighted by molar-refractivity contribution is -0.132. The molecule has 0 radical (unpaired) electrons. The van der Waals surface area contributed by atoms with Crippen LogP contribution in [0.2, 0.25) is 0 Å². The number of alkyl halides is 1. The number of ether oxygens (including phenoxy) is 1. The number of amidine groups is 2. The summed E-state index contributed by atoms with van der Waals surface area (Å²) in [7, 11) is -4.64. The number of aliphatic imine (C=N–C) groups is 4. The summed E-state index contributed by atoms with van der Waals surface area (Å²) in [5.41, 5.74) is 5.24. The van der Waals surface area contributed by atoms with Gasteiger partial charge in [0.1, 0.15) is 31.0 Å². The molecule has 3 rings (SSSR count). The van der Waals surface area contributed by atoms with Gasteiger partial charge in [0, 0.05) is 0 Å². The number of halogens is 1. The summed E-state index contributed by atoms with van der Waals surface area (Å²) in [5, 5.41) is 27.0. The molecular formula is C10H15FN5O8P. The predicted octanol–water partition coefficient (Wildman–Crippen LogP) is -2.97. The minimum atomic E-state index is -4.64. The first-order chi connectivity index (χ1) is 11.5. The van der Waals surface area contributed by atoms with E-state index in [0.29, 0.717) is 0 Å². The maximum atomic E-state index is 13.5. The Bertz CT molecular complexity index is 680. The van der Waals surface area contributed by atoms with Gasteiger partial charge in [-0.15, -0.1) is 0 Å². The lowest BCUT2D eigenvalue weighted by atomic mass is 10.1. The predicted molar refractivity (Wildman–Crippen MR) is 80.8 cm³/mol. The van der Waals surface area contributed by atoms with Gasteiger partial charge in [0.25, 0.3) is 0 Å². The Morgan fingerprint density at radius 3 is 2.48 bits per heavy atom. The molecule has 0 saturated carbocycles. The Morgan fingerprint density at radius 2 is 1.96 bits per heavy atom. The third-order valence-electron chi connectivity index (χ3n) is 3.17. The van der Waals surface area contributed by atoms with Crippen LogP contribution in [0.3, 0.4) is 0 Å². The highest BCUT2D eigenvalue weighted by molar-refractivity contribution is 7.46. The Hall–Kier alpha value is -1.64. The zero-order valence-corrected chi connectivity index (χ0v) is 13.2. The van der Waals surface area contributed by atoms with E-state index in [1.165, 1.54) is 0 Å². The van der Waals surface area contributed by atoms with Crippen LogP contribution in [-0.2, 0) is 13.8 Å². The van der Waals surface area contributed by atoms with Crippen molar-refractivity contribution in [2.75, 3.05) is 6.61 Å². The van der Waals surface area contributed by atoms with Crippen LogP contribution >= 0.6 is 7.82 Å². The van der Waals surface area contributed by atoms with Crippen LogP contribution in [0.25, 0.3) is 0 Å². The quantitative estimate of drug-likeness (QED) is 0.216. The van der Waals surface area contributed by atoms with E-state index in [9.17, 15) is 8.96 Å². The number of phosphoric ester groups is 1. The SMILES string of the molecule is NC1=NC=NC2=NC=NC12F.O=P(O)(O)OC[C@H]1OC(O)[C@@H](O)[C@@H]1O. The van der Waals surface area contributed by atoms with Gasteiger partial charge in [-0.05, 0) is 0 Å². The van der Waals surface area contributed by atoms with Crippen molar-refractivity contribution in [3.05, 3.63) is 0 Å². The summed E-state index contributed by atoms with van der Waals surface area (Å²) in [4.78, 5) is 30.7. The van der Waals surface area contributed by atoms with Gasteiger partial charge in [-0.2, -0.15) is 4.39 Å². The molecule has 3 aliphatic heterocycles. The summed E-state index contributed by atoms with van der Waals surface area (Å²) in [6, 6.07) is 0. The standard InChI is InChI=1S/C5H4FN5.C5H11O8P/c6-5-3(7)8-1-9-4(5)10-2-11-5;6-3-2(1-12-14(9,10)11)13-5(8)4(3)7/h1-2H,(H2,7,8,9,10,11);2-8H,1H2,(H2,9,10,11)/t;2-,3-,4+,5?/m.1/s1. The van der Waals surface area contributed by atoms with Crippen LogP contribution in [0.15, 0.2) is 20.0 Å². The fourth-order valence-electron chi connectivity index (χ4n) is 1.87. The van der Waals surface area contributed by atoms with E-state index in [4.69, 9.17) is 30.8 Å². The van der Waals surface area contributed by atoms with Crippen LogP contribution < -0.4 is 5.73 Å². The van der Waals surface area contributed by atoms with E-state index in [0.717, 1.165) is 12.7 Å².